The van der Waals surface area contributed by atoms with Gasteiger partial charge in [0.2, 0.25) is 5.91 Å². The molecule has 0 radical (unpaired) electrons. The molecule has 1 aliphatic heterocycles. The zero-order chi connectivity index (χ0) is 28.3. The number of carbonyl (C=O) groups is 1. The van der Waals surface area contributed by atoms with E-state index in [2.05, 4.69) is 9.62 Å². The number of benzene rings is 4. The van der Waals surface area contributed by atoms with Gasteiger partial charge in [-0.2, -0.15) is 0 Å². The number of nitrogens with one attached hydrogen (secondary N) is 1. The number of sulfonamides is 1. The molecule has 1 aliphatic rings. The Morgan fingerprint density at radius 1 is 1.00 bits per heavy atom. The summed E-state index contributed by atoms with van der Waals surface area (Å²) in [6.45, 7) is 1.95. The molecule has 4 aromatic carbocycles. The Balaban J connectivity index is 1.39. The molecule has 2 N–H and O–H groups in total. The van der Waals surface area contributed by atoms with Crippen molar-refractivity contribution in [2.75, 3.05) is 31.4 Å². The molecule has 2 atom stereocenters. The summed E-state index contributed by atoms with van der Waals surface area (Å²) in [6.07, 6.45) is 0.382. The van der Waals surface area contributed by atoms with Gasteiger partial charge >= 0.3 is 0 Å². The molecule has 7 nitrogen and oxygen atoms in total. The van der Waals surface area contributed by atoms with Gasteiger partial charge in [-0.05, 0) is 35.7 Å². The molecule has 9 heteroatoms. The number of para-hydroxylation sites is 1. The fourth-order valence-electron chi connectivity index (χ4n) is 5.26. The first-order valence-corrected chi connectivity index (χ1v) is 15.1. The molecule has 4 aromatic rings. The van der Waals surface area contributed by atoms with E-state index in [1.54, 1.807) is 72.6 Å². The van der Waals surface area contributed by atoms with Crippen LogP contribution in [-0.2, 0) is 21.2 Å². The van der Waals surface area contributed by atoms with E-state index in [4.69, 9.17) is 11.6 Å². The number of hydrogen-bond donors (Lipinski definition) is 2. The molecule has 208 valence electrons. The van der Waals surface area contributed by atoms with Crippen molar-refractivity contribution in [2.24, 2.45) is 0 Å². The van der Waals surface area contributed by atoms with Gasteiger partial charge in [0.25, 0.3) is 10.0 Å². The molecule has 0 aromatic heterocycles. The van der Waals surface area contributed by atoms with Gasteiger partial charge in [-0.15, -0.1) is 0 Å². The fourth-order valence-corrected chi connectivity index (χ4v) is 6.82. The van der Waals surface area contributed by atoms with E-state index in [0.717, 1.165) is 18.5 Å². The average Bonchev–Trinajstić information content (AvgIpc) is 3.37. The van der Waals surface area contributed by atoms with E-state index in [0.29, 0.717) is 40.1 Å². The highest BCUT2D eigenvalue weighted by atomic mass is 35.5. The second-order valence-corrected chi connectivity index (χ2v) is 12.2. The number of hydrogen-bond acceptors (Lipinski definition) is 5. The van der Waals surface area contributed by atoms with E-state index in [1.807, 2.05) is 30.3 Å². The fraction of sp³-hybridized carbons (Fsp3) is 0.258. The van der Waals surface area contributed by atoms with Crippen LogP contribution in [0.1, 0.15) is 23.6 Å². The van der Waals surface area contributed by atoms with Crippen LogP contribution in [0.3, 0.4) is 0 Å². The molecule has 0 saturated carbocycles. The highest BCUT2D eigenvalue weighted by Gasteiger charge is 2.29. The lowest BCUT2D eigenvalue weighted by Crippen LogP contribution is -2.39. The molecule has 0 aliphatic carbocycles. The van der Waals surface area contributed by atoms with Gasteiger partial charge in [-0.1, -0.05) is 84.4 Å². The lowest BCUT2D eigenvalue weighted by Gasteiger charge is -2.32. The quantitative estimate of drug-likeness (QED) is 0.289. The molecular formula is C31H32ClN3O4S. The first-order valence-electron chi connectivity index (χ1n) is 13.2. The largest absolute Gasteiger partial charge is 0.392 e. The molecule has 5 rings (SSSR count). The van der Waals surface area contributed by atoms with E-state index >= 15 is 0 Å². The third kappa shape index (κ3) is 6.15. The third-order valence-electron chi connectivity index (χ3n) is 7.45. The van der Waals surface area contributed by atoms with Gasteiger partial charge in [0.1, 0.15) is 0 Å². The molecule has 0 bridgehead atoms. The predicted molar refractivity (Wildman–Crippen MR) is 159 cm³/mol. The number of β-amino-alcohol motifs (C(OH)–C–C–N with tert-alkyl or cyclic N) is 1. The molecule has 40 heavy (non-hydrogen) atoms. The van der Waals surface area contributed by atoms with E-state index in [1.165, 1.54) is 0 Å². The lowest BCUT2D eigenvalue weighted by atomic mass is 10.0. The first-order chi connectivity index (χ1) is 19.2. The number of aliphatic hydroxyl groups excluding tert-OH is 1. The summed E-state index contributed by atoms with van der Waals surface area (Å²) in [7, 11) is -2.20. The van der Waals surface area contributed by atoms with Crippen LogP contribution in [0, 0.1) is 0 Å². The maximum atomic E-state index is 13.6. The molecule has 1 amide bonds. The number of fused-ring (bicyclic) bond motifs is 1. The zero-order valence-corrected chi connectivity index (χ0v) is 23.8. The number of rotatable bonds is 9. The summed E-state index contributed by atoms with van der Waals surface area (Å²) >= 11 is 6.31. The van der Waals surface area contributed by atoms with Gasteiger partial charge in [0.15, 0.2) is 0 Å². The van der Waals surface area contributed by atoms with E-state index < -0.39 is 10.0 Å². The number of amides is 1. The Kier molecular flexibility index (Phi) is 8.42. The number of anilines is 1. The monoisotopic (exact) mass is 577 g/mol. The Bertz CT molecular complexity index is 1610. The summed E-state index contributed by atoms with van der Waals surface area (Å²) in [5, 5.41) is 11.7. The van der Waals surface area contributed by atoms with Gasteiger partial charge in [-0.25, -0.2) is 8.42 Å². The Hall–Kier alpha value is -3.43. The van der Waals surface area contributed by atoms with Gasteiger partial charge in [0, 0.05) is 42.5 Å². The maximum Gasteiger partial charge on any atom is 0.262 e. The molecule has 0 unspecified atom stereocenters. The van der Waals surface area contributed by atoms with Crippen molar-refractivity contribution in [3.8, 4) is 0 Å². The van der Waals surface area contributed by atoms with Crippen LogP contribution < -0.4 is 4.72 Å². The van der Waals surface area contributed by atoms with Gasteiger partial charge in [0.05, 0.1) is 29.1 Å². The summed E-state index contributed by atoms with van der Waals surface area (Å²) in [4.78, 5) is 17.6. The van der Waals surface area contributed by atoms with Crippen LogP contribution in [0.5, 0.6) is 0 Å². The standard InChI is InChI=1S/C31H32ClN3O4S/c1-34(29(22-9-3-2-4-10-22)21-35-18-17-24(36)20-35)31(37)19-23-11-5-6-15-28(23)33-40(38,39)30-16-8-12-25-26(30)13-7-14-27(25)32/h2-16,24,29,33,36H,17-21H2,1H3/t24-,29+/m0/s1. The Morgan fingerprint density at radius 2 is 1.70 bits per heavy atom. The summed E-state index contributed by atoms with van der Waals surface area (Å²) in [5.41, 5.74) is 1.93. The minimum Gasteiger partial charge on any atom is -0.392 e. The number of likely N-dealkylation sites (tertiary alicyclic amines) is 1. The highest BCUT2D eigenvalue weighted by molar-refractivity contribution is 7.93. The number of nitrogens with zero attached hydrogens (tertiary/aromatic N) is 2. The third-order valence-corrected chi connectivity index (χ3v) is 9.20. The van der Waals surface area contributed by atoms with Crippen LogP contribution in [0.2, 0.25) is 5.02 Å². The molecule has 1 fully saturated rings. The number of likely N-dealkylation sites (N-methyl/N-ethyl adjacent to an activating group) is 1. The normalized spacial score (nSPS) is 16.6. The highest BCUT2D eigenvalue weighted by Crippen LogP contribution is 2.31. The van der Waals surface area contributed by atoms with Crippen molar-refractivity contribution >= 4 is 44.0 Å². The molecule has 0 spiro atoms. The number of halogens is 1. The summed E-state index contributed by atoms with van der Waals surface area (Å²) < 4.78 is 29.8. The molecule has 1 saturated heterocycles. The predicted octanol–water partition coefficient (Wildman–Crippen LogP) is 5.10. The summed E-state index contributed by atoms with van der Waals surface area (Å²) in [5.74, 6) is -0.141. The van der Waals surface area contributed by atoms with Crippen molar-refractivity contribution in [3.63, 3.8) is 0 Å². The second kappa shape index (κ2) is 12.0. The van der Waals surface area contributed by atoms with Crippen LogP contribution in [0.25, 0.3) is 10.8 Å². The van der Waals surface area contributed by atoms with Crippen LogP contribution in [0.4, 0.5) is 5.69 Å². The smallest absolute Gasteiger partial charge is 0.262 e. The van der Waals surface area contributed by atoms with Crippen LogP contribution in [-0.4, -0.2) is 62.0 Å². The Labute approximate surface area is 240 Å². The molecule has 1 heterocycles. The van der Waals surface area contributed by atoms with Crippen LogP contribution in [0.15, 0.2) is 95.9 Å². The van der Waals surface area contributed by atoms with E-state index in [9.17, 15) is 18.3 Å². The van der Waals surface area contributed by atoms with Crippen molar-refractivity contribution in [1.29, 1.82) is 0 Å². The van der Waals surface area contributed by atoms with E-state index in [-0.39, 0.29) is 29.4 Å². The van der Waals surface area contributed by atoms with Crippen molar-refractivity contribution in [3.05, 3.63) is 107 Å². The minimum atomic E-state index is -3.98. The van der Waals surface area contributed by atoms with Crippen molar-refractivity contribution in [2.45, 2.75) is 29.9 Å². The van der Waals surface area contributed by atoms with Gasteiger partial charge in [-0.3, -0.25) is 14.4 Å². The number of aliphatic hydroxyl groups is 1. The first kappa shape index (κ1) is 28.1. The molecular weight excluding hydrogens is 546 g/mol. The van der Waals surface area contributed by atoms with Crippen LogP contribution >= 0.6 is 11.6 Å². The minimum absolute atomic E-state index is 0.0164. The number of carbonyl (C=O) groups excluding carboxylic acids is 1. The zero-order valence-electron chi connectivity index (χ0n) is 22.2. The summed E-state index contributed by atoms with van der Waals surface area (Å²) in [6, 6.07) is 26.7. The average molecular weight is 578 g/mol. The lowest BCUT2D eigenvalue weighted by molar-refractivity contribution is -0.131. The SMILES string of the molecule is CN(C(=O)Cc1ccccc1NS(=O)(=O)c1cccc2c(Cl)cccc12)[C@H](CN1CC[C@H](O)C1)c1ccccc1. The second-order valence-electron chi connectivity index (χ2n) is 10.2. The van der Waals surface area contributed by atoms with Gasteiger partial charge < -0.3 is 10.0 Å². The van der Waals surface area contributed by atoms with Crippen molar-refractivity contribution in [1.82, 2.24) is 9.80 Å². The van der Waals surface area contributed by atoms with Crippen molar-refractivity contribution < 1.29 is 18.3 Å². The topological polar surface area (TPSA) is 90.0 Å². The Morgan fingerprint density at radius 3 is 2.45 bits per heavy atom. The maximum absolute atomic E-state index is 13.6.